The Kier molecular flexibility index (Phi) is 4.48. The molecule has 2 N–H and O–H groups in total. The number of aliphatic carboxylic acids is 1. The number of carboxylic acid groups (broad SMARTS) is 1. The Hall–Kier alpha value is -3.71. The lowest BCUT2D eigenvalue weighted by Gasteiger charge is -2.25. The number of allylic oxidation sites excluding steroid dienone is 1. The molecule has 2 aromatic carbocycles. The van der Waals surface area contributed by atoms with Crippen LogP contribution in [0, 0.1) is 0 Å². The average molecular weight is 432 g/mol. The maximum absolute atomic E-state index is 12.9. The molecule has 2 aliphatic rings. The number of carbonyl (C=O) groups is 2. The molecule has 1 aliphatic carbocycles. The topological polar surface area (TPSA) is 101 Å². The highest BCUT2D eigenvalue weighted by molar-refractivity contribution is 7.21. The zero-order chi connectivity index (χ0) is 21.7. The van der Waals surface area contributed by atoms with Gasteiger partial charge in [-0.1, -0.05) is 42.5 Å². The molecule has 0 bridgehead atoms. The summed E-state index contributed by atoms with van der Waals surface area (Å²) in [4.78, 5) is 38.2. The Bertz CT molecular complexity index is 1380. The summed E-state index contributed by atoms with van der Waals surface area (Å²) in [6.45, 7) is 0.0257. The van der Waals surface area contributed by atoms with E-state index in [1.54, 1.807) is 24.3 Å². The van der Waals surface area contributed by atoms with Crippen molar-refractivity contribution in [1.82, 2.24) is 0 Å². The summed E-state index contributed by atoms with van der Waals surface area (Å²) < 4.78 is 5.74. The molecule has 6 nitrogen and oxygen atoms in total. The van der Waals surface area contributed by atoms with Crippen LogP contribution in [0.4, 0.5) is 0 Å². The highest BCUT2D eigenvalue weighted by atomic mass is 32.1. The highest BCUT2D eigenvalue weighted by Gasteiger charge is 2.43. The van der Waals surface area contributed by atoms with Crippen molar-refractivity contribution in [3.05, 3.63) is 92.9 Å². The molecule has 1 atom stereocenters. The first kappa shape index (κ1) is 19.3. The molecule has 0 fully saturated rings. The zero-order valence-corrected chi connectivity index (χ0v) is 16.9. The maximum Gasteiger partial charge on any atom is 0.335 e. The van der Waals surface area contributed by atoms with Crippen molar-refractivity contribution in [2.45, 2.75) is 12.3 Å². The fourth-order valence-electron chi connectivity index (χ4n) is 4.26. The molecule has 0 saturated heterocycles. The normalized spacial score (nSPS) is 18.3. The van der Waals surface area contributed by atoms with E-state index in [-0.39, 0.29) is 35.4 Å². The van der Waals surface area contributed by atoms with Gasteiger partial charge in [-0.3, -0.25) is 4.79 Å². The van der Waals surface area contributed by atoms with Gasteiger partial charge in [0.1, 0.15) is 12.4 Å². The van der Waals surface area contributed by atoms with Crippen LogP contribution in [0.15, 0.2) is 81.9 Å². The van der Waals surface area contributed by atoms with E-state index in [0.29, 0.717) is 21.2 Å². The summed E-state index contributed by atoms with van der Waals surface area (Å²) in [6, 6.07) is 16.0. The molecule has 1 unspecified atom stereocenters. The van der Waals surface area contributed by atoms with E-state index in [1.807, 2.05) is 30.3 Å². The van der Waals surface area contributed by atoms with Gasteiger partial charge in [-0.2, -0.15) is 0 Å². The molecule has 1 aromatic heterocycles. The first-order chi connectivity index (χ1) is 15.0. The number of hydrogen-bond donors (Lipinski definition) is 2. The number of cyclic esters (lactones) is 1. The van der Waals surface area contributed by atoms with E-state index in [0.717, 1.165) is 10.4 Å². The summed E-state index contributed by atoms with van der Waals surface area (Å²) in [5.74, 6) is -3.20. The molecule has 7 heteroatoms. The Morgan fingerprint density at radius 3 is 2.58 bits per heavy atom. The summed E-state index contributed by atoms with van der Waals surface area (Å²) in [5, 5.41) is 20.8. The molecule has 0 radical (unpaired) electrons. The van der Waals surface area contributed by atoms with E-state index >= 15 is 0 Å². The van der Waals surface area contributed by atoms with E-state index in [1.165, 1.54) is 11.3 Å². The highest BCUT2D eigenvalue weighted by Crippen LogP contribution is 2.46. The lowest BCUT2D eigenvalue weighted by atomic mass is 9.77. The fourth-order valence-corrected chi connectivity index (χ4v) is 5.48. The third kappa shape index (κ3) is 3.05. The first-order valence-corrected chi connectivity index (χ1v) is 10.4. The van der Waals surface area contributed by atoms with Crippen molar-refractivity contribution >= 4 is 33.4 Å². The minimum Gasteiger partial charge on any atom is -0.511 e. The third-order valence-electron chi connectivity index (χ3n) is 5.63. The van der Waals surface area contributed by atoms with Gasteiger partial charge in [0.15, 0.2) is 5.43 Å². The van der Waals surface area contributed by atoms with Crippen molar-refractivity contribution in [2.75, 3.05) is 6.61 Å². The second-order valence-electron chi connectivity index (χ2n) is 7.43. The van der Waals surface area contributed by atoms with Gasteiger partial charge in [-0.05, 0) is 22.8 Å². The van der Waals surface area contributed by atoms with Gasteiger partial charge in [0, 0.05) is 27.5 Å². The van der Waals surface area contributed by atoms with Crippen LogP contribution in [0.2, 0.25) is 0 Å². The standard InChI is InChI=1S/C24H16O6S/c25-16-10-18(12-5-2-1-3-6-12)31-22-14(16)7-4-8-15(22)20-19-13(11-30-24(19)29)9-17(26)21(20)23(27)28/h1-8,10,20,26H,9,11H2,(H,27,28). The van der Waals surface area contributed by atoms with Gasteiger partial charge in [0.05, 0.1) is 17.1 Å². The van der Waals surface area contributed by atoms with Crippen LogP contribution in [-0.4, -0.2) is 28.8 Å². The number of aliphatic hydroxyl groups excluding tert-OH is 1. The van der Waals surface area contributed by atoms with Crippen molar-refractivity contribution in [3.8, 4) is 10.4 Å². The fraction of sp³-hybridized carbons (Fsp3) is 0.125. The van der Waals surface area contributed by atoms with E-state index < -0.39 is 17.9 Å². The van der Waals surface area contributed by atoms with E-state index in [2.05, 4.69) is 0 Å². The number of esters is 1. The van der Waals surface area contributed by atoms with Gasteiger partial charge in [-0.25, -0.2) is 9.59 Å². The van der Waals surface area contributed by atoms with Crippen LogP contribution < -0.4 is 5.43 Å². The lowest BCUT2D eigenvalue weighted by molar-refractivity contribution is -0.136. The molecule has 154 valence electrons. The largest absolute Gasteiger partial charge is 0.511 e. The van der Waals surface area contributed by atoms with Crippen LogP contribution >= 0.6 is 11.3 Å². The number of fused-ring (bicyclic) bond motifs is 1. The Balaban J connectivity index is 1.82. The number of aliphatic hydroxyl groups is 1. The number of rotatable bonds is 3. The van der Waals surface area contributed by atoms with Crippen LogP contribution in [-0.2, 0) is 14.3 Å². The Labute approximate surface area is 180 Å². The van der Waals surface area contributed by atoms with Gasteiger partial charge in [-0.15, -0.1) is 11.3 Å². The van der Waals surface area contributed by atoms with Gasteiger partial charge < -0.3 is 14.9 Å². The third-order valence-corrected chi connectivity index (χ3v) is 6.87. The minimum atomic E-state index is -1.31. The number of benzene rings is 2. The van der Waals surface area contributed by atoms with Gasteiger partial charge in [0.25, 0.3) is 0 Å². The van der Waals surface area contributed by atoms with Gasteiger partial charge >= 0.3 is 11.9 Å². The van der Waals surface area contributed by atoms with Gasteiger partial charge in [0.2, 0.25) is 0 Å². The monoisotopic (exact) mass is 432 g/mol. The molecule has 0 amide bonds. The Morgan fingerprint density at radius 1 is 1.06 bits per heavy atom. The molecular weight excluding hydrogens is 416 g/mol. The molecular formula is C24H16O6S. The van der Waals surface area contributed by atoms with Crippen molar-refractivity contribution in [2.24, 2.45) is 0 Å². The predicted octanol–water partition coefficient (Wildman–Crippen LogP) is 4.17. The SMILES string of the molecule is O=C(O)C1=C(O)CC2=C(C(=O)OC2)C1c1cccc2c(=O)cc(-c3ccccc3)sc12. The summed E-state index contributed by atoms with van der Waals surface area (Å²) >= 11 is 1.35. The maximum atomic E-state index is 12.9. The molecule has 2 heterocycles. The van der Waals surface area contributed by atoms with Crippen molar-refractivity contribution in [1.29, 1.82) is 0 Å². The molecule has 0 saturated carbocycles. The lowest BCUT2D eigenvalue weighted by Crippen LogP contribution is -2.23. The second kappa shape index (κ2) is 7.21. The van der Waals surface area contributed by atoms with Crippen LogP contribution in [0.5, 0.6) is 0 Å². The molecule has 31 heavy (non-hydrogen) atoms. The van der Waals surface area contributed by atoms with Crippen molar-refractivity contribution < 1.29 is 24.5 Å². The first-order valence-electron chi connectivity index (χ1n) is 9.62. The molecule has 3 aromatic rings. The molecule has 5 rings (SSSR count). The van der Waals surface area contributed by atoms with Crippen molar-refractivity contribution in [3.63, 3.8) is 0 Å². The Morgan fingerprint density at radius 2 is 1.84 bits per heavy atom. The number of ether oxygens (including phenoxy) is 1. The van der Waals surface area contributed by atoms with Crippen LogP contribution in [0.25, 0.3) is 20.5 Å². The smallest absolute Gasteiger partial charge is 0.335 e. The molecule has 0 spiro atoms. The van der Waals surface area contributed by atoms with Crippen LogP contribution in [0.3, 0.4) is 0 Å². The second-order valence-corrected chi connectivity index (χ2v) is 8.49. The summed E-state index contributed by atoms with van der Waals surface area (Å²) in [7, 11) is 0. The number of carbonyl (C=O) groups excluding carboxylic acids is 1. The van der Waals surface area contributed by atoms with Crippen LogP contribution in [0.1, 0.15) is 17.9 Å². The minimum absolute atomic E-state index is 0.0257. The molecule has 1 aliphatic heterocycles. The number of carboxylic acids is 1. The average Bonchev–Trinajstić information content (AvgIpc) is 3.13. The van der Waals surface area contributed by atoms with E-state index in [4.69, 9.17) is 4.74 Å². The van der Waals surface area contributed by atoms with E-state index in [9.17, 15) is 24.6 Å². The summed E-state index contributed by atoms with van der Waals surface area (Å²) in [5.41, 5.74) is 1.72. The number of hydrogen-bond acceptors (Lipinski definition) is 6. The summed E-state index contributed by atoms with van der Waals surface area (Å²) in [6.07, 6.45) is -0.0323. The quantitative estimate of drug-likeness (QED) is 0.603. The predicted molar refractivity (Wildman–Crippen MR) is 116 cm³/mol. The zero-order valence-electron chi connectivity index (χ0n) is 16.1.